The van der Waals surface area contributed by atoms with Crippen LogP contribution in [0, 0.1) is 0 Å². The van der Waals surface area contributed by atoms with Crippen molar-refractivity contribution >= 4 is 40.8 Å². The maximum absolute atomic E-state index is 14.9. The lowest BCUT2D eigenvalue weighted by atomic mass is 10.0. The van der Waals surface area contributed by atoms with E-state index >= 15 is 0 Å². The van der Waals surface area contributed by atoms with E-state index in [1.165, 1.54) is 11.1 Å². The maximum Gasteiger partial charge on any atom is 0.410 e. The number of ether oxygens (including phenoxy) is 1. The number of piperidine rings is 1. The van der Waals surface area contributed by atoms with Crippen LogP contribution in [0.2, 0.25) is 5.02 Å². The third-order valence-electron chi connectivity index (χ3n) is 5.40. The molecule has 3 N–H and O–H groups in total. The van der Waals surface area contributed by atoms with Gasteiger partial charge in [-0.3, -0.25) is 0 Å². The van der Waals surface area contributed by atoms with E-state index in [4.69, 9.17) is 16.3 Å². The number of pyridine rings is 1. The van der Waals surface area contributed by atoms with E-state index in [0.29, 0.717) is 30.1 Å². The second-order valence-corrected chi connectivity index (χ2v) is 10.6. The maximum atomic E-state index is 14.9. The Kier molecular flexibility index (Phi) is 6.93. The second kappa shape index (κ2) is 9.66. The van der Waals surface area contributed by atoms with Gasteiger partial charge in [-0.1, -0.05) is 11.6 Å². The van der Waals surface area contributed by atoms with Crippen molar-refractivity contribution in [2.24, 2.45) is 0 Å². The van der Waals surface area contributed by atoms with Gasteiger partial charge in [0, 0.05) is 24.5 Å². The number of rotatable bonds is 5. The van der Waals surface area contributed by atoms with Gasteiger partial charge in [-0.15, -0.1) is 5.10 Å². The molecule has 1 aliphatic rings. The first kappa shape index (κ1) is 25.8. The summed E-state index contributed by atoms with van der Waals surface area (Å²) in [5.74, 6) is 0.822. The van der Waals surface area contributed by atoms with Gasteiger partial charge in [-0.25, -0.2) is 23.7 Å². The summed E-state index contributed by atoms with van der Waals surface area (Å²) in [5, 5.41) is 20.8. The summed E-state index contributed by atoms with van der Waals surface area (Å²) in [6, 6.07) is 2.90. The number of aliphatic hydroxyl groups is 1. The molecule has 0 aliphatic carbocycles. The Morgan fingerprint density at radius 1 is 1.28 bits per heavy atom. The molecule has 4 rings (SSSR count). The number of halogens is 2. The van der Waals surface area contributed by atoms with Crippen LogP contribution >= 0.6 is 11.6 Å². The van der Waals surface area contributed by atoms with Gasteiger partial charge in [0.05, 0.1) is 18.8 Å². The Labute approximate surface area is 213 Å². The quantitative estimate of drug-likeness (QED) is 0.458. The van der Waals surface area contributed by atoms with Crippen LogP contribution in [0.5, 0.6) is 0 Å². The summed E-state index contributed by atoms with van der Waals surface area (Å²) in [6.45, 7) is 8.78. The number of nitrogens with zero attached hydrogens (tertiary/aromatic N) is 6. The zero-order valence-corrected chi connectivity index (χ0v) is 21.5. The molecule has 13 heteroatoms. The topological polar surface area (TPSA) is 130 Å². The van der Waals surface area contributed by atoms with E-state index < -0.39 is 29.5 Å². The predicted octanol–water partition coefficient (Wildman–Crippen LogP) is 3.90. The highest BCUT2D eigenvalue weighted by Gasteiger charge is 2.34. The first-order chi connectivity index (χ1) is 16.8. The van der Waals surface area contributed by atoms with E-state index in [1.54, 1.807) is 57.5 Å². The Hall–Kier alpha value is -3.25. The first-order valence-corrected chi connectivity index (χ1v) is 11.9. The molecule has 0 radical (unpaired) electrons. The first-order valence-electron chi connectivity index (χ1n) is 11.6. The smallest absolute Gasteiger partial charge is 0.410 e. The molecule has 2 unspecified atom stereocenters. The van der Waals surface area contributed by atoms with Gasteiger partial charge in [0.25, 0.3) is 0 Å². The number of aromatic nitrogens is 5. The molecule has 194 valence electrons. The van der Waals surface area contributed by atoms with Crippen molar-refractivity contribution in [1.29, 1.82) is 0 Å². The molecular weight excluding hydrogens is 491 g/mol. The SMILES string of the molecule is CC(C)(C)OC(=O)N1CCC(Nc2nc(Nc3ccn4nc(C(C)(C)O)nc4c3)ncc2Cl)C(F)C1. The zero-order valence-electron chi connectivity index (χ0n) is 20.8. The number of hydrogen-bond donors (Lipinski definition) is 3. The van der Waals surface area contributed by atoms with Gasteiger partial charge in [0.2, 0.25) is 5.95 Å². The molecule has 0 aromatic carbocycles. The molecule has 11 nitrogen and oxygen atoms in total. The summed E-state index contributed by atoms with van der Waals surface area (Å²) in [4.78, 5) is 26.6. The Morgan fingerprint density at radius 2 is 2.03 bits per heavy atom. The summed E-state index contributed by atoms with van der Waals surface area (Å²) < 4.78 is 21.8. The average molecular weight is 521 g/mol. The number of likely N-dealkylation sites (tertiary alicyclic amines) is 1. The van der Waals surface area contributed by atoms with Crippen LogP contribution in [0.25, 0.3) is 5.65 Å². The molecular formula is C23H30ClFN8O3. The third kappa shape index (κ3) is 6.11. The van der Waals surface area contributed by atoms with E-state index in [9.17, 15) is 14.3 Å². The van der Waals surface area contributed by atoms with Gasteiger partial charge in [0.1, 0.15) is 22.4 Å². The van der Waals surface area contributed by atoms with Crippen molar-refractivity contribution in [2.75, 3.05) is 23.7 Å². The number of hydrogen-bond acceptors (Lipinski definition) is 9. The van der Waals surface area contributed by atoms with Crippen LogP contribution in [0.3, 0.4) is 0 Å². The van der Waals surface area contributed by atoms with Crippen molar-refractivity contribution in [3.8, 4) is 0 Å². The fraction of sp³-hybridized carbons (Fsp3) is 0.522. The predicted molar refractivity (Wildman–Crippen MR) is 133 cm³/mol. The fourth-order valence-corrected chi connectivity index (χ4v) is 3.76. The summed E-state index contributed by atoms with van der Waals surface area (Å²) in [5.41, 5.74) is -0.649. The normalized spacial score (nSPS) is 18.8. The van der Waals surface area contributed by atoms with E-state index in [-0.39, 0.29) is 23.3 Å². The molecule has 0 spiro atoms. The molecule has 1 aliphatic heterocycles. The molecule has 4 heterocycles. The van der Waals surface area contributed by atoms with Gasteiger partial charge in [-0.05, 0) is 47.1 Å². The molecule has 0 saturated carbocycles. The summed E-state index contributed by atoms with van der Waals surface area (Å²) >= 11 is 6.27. The van der Waals surface area contributed by atoms with Crippen molar-refractivity contribution in [2.45, 2.75) is 64.5 Å². The van der Waals surface area contributed by atoms with Gasteiger partial charge < -0.3 is 25.4 Å². The molecule has 0 bridgehead atoms. The Morgan fingerprint density at radius 3 is 2.69 bits per heavy atom. The minimum Gasteiger partial charge on any atom is -0.444 e. The van der Waals surface area contributed by atoms with Crippen LogP contribution in [-0.2, 0) is 10.3 Å². The standard InChI is InChI=1S/C23H30ClFN8O3/c1-22(2,3)36-21(34)32-8-7-16(15(25)12-32)28-18-14(24)11-26-20(30-18)27-13-6-9-33-17(10-13)29-19(31-33)23(4,5)35/h6,9-11,15-16,35H,7-8,12H2,1-5H3,(H2,26,27,28,30). The summed E-state index contributed by atoms with van der Waals surface area (Å²) in [6.07, 6.45) is 1.60. The lowest BCUT2D eigenvalue weighted by molar-refractivity contribution is 0.0125. The van der Waals surface area contributed by atoms with Crippen LogP contribution in [0.15, 0.2) is 24.5 Å². The number of carbonyl (C=O) groups excluding carboxylic acids is 1. The van der Waals surface area contributed by atoms with Crippen LogP contribution in [0.4, 0.5) is 26.6 Å². The summed E-state index contributed by atoms with van der Waals surface area (Å²) in [7, 11) is 0. The number of nitrogens with one attached hydrogen (secondary N) is 2. The zero-order chi connectivity index (χ0) is 26.3. The molecule has 2 atom stereocenters. The second-order valence-electron chi connectivity index (χ2n) is 10.2. The van der Waals surface area contributed by atoms with Gasteiger partial charge in [-0.2, -0.15) is 4.98 Å². The average Bonchev–Trinajstić information content (AvgIpc) is 3.20. The molecule has 3 aromatic heterocycles. The van der Waals surface area contributed by atoms with Crippen molar-refractivity contribution < 1.29 is 19.0 Å². The monoisotopic (exact) mass is 520 g/mol. The van der Waals surface area contributed by atoms with Crippen molar-refractivity contribution in [1.82, 2.24) is 29.5 Å². The number of fused-ring (bicyclic) bond motifs is 1. The number of carbonyl (C=O) groups is 1. The molecule has 3 aromatic rings. The highest BCUT2D eigenvalue weighted by molar-refractivity contribution is 6.32. The van der Waals surface area contributed by atoms with Crippen LogP contribution in [-0.4, -0.2) is 71.6 Å². The van der Waals surface area contributed by atoms with Crippen LogP contribution < -0.4 is 10.6 Å². The molecule has 36 heavy (non-hydrogen) atoms. The number of alkyl halides is 1. The molecule has 1 fully saturated rings. The van der Waals surface area contributed by atoms with E-state index in [1.807, 2.05) is 0 Å². The highest BCUT2D eigenvalue weighted by atomic mass is 35.5. The Bertz CT molecular complexity index is 1260. The van der Waals surface area contributed by atoms with Gasteiger partial charge >= 0.3 is 6.09 Å². The Balaban J connectivity index is 1.43. The number of anilines is 3. The molecule has 1 amide bonds. The van der Waals surface area contributed by atoms with Crippen LogP contribution in [0.1, 0.15) is 46.9 Å². The lowest BCUT2D eigenvalue weighted by Gasteiger charge is -2.36. The van der Waals surface area contributed by atoms with Gasteiger partial charge in [0.15, 0.2) is 17.3 Å². The minimum atomic E-state index is -1.34. The lowest BCUT2D eigenvalue weighted by Crippen LogP contribution is -2.51. The molecule has 1 saturated heterocycles. The third-order valence-corrected chi connectivity index (χ3v) is 5.68. The largest absolute Gasteiger partial charge is 0.444 e. The van der Waals surface area contributed by atoms with E-state index in [2.05, 4.69) is 30.7 Å². The van der Waals surface area contributed by atoms with E-state index in [0.717, 1.165) is 0 Å². The van der Waals surface area contributed by atoms with Crippen molar-refractivity contribution in [3.05, 3.63) is 35.4 Å². The minimum absolute atomic E-state index is 0.0919. The van der Waals surface area contributed by atoms with Crippen molar-refractivity contribution in [3.63, 3.8) is 0 Å². The number of amides is 1. The highest BCUT2D eigenvalue weighted by Crippen LogP contribution is 2.26. The fourth-order valence-electron chi connectivity index (χ4n) is 3.61.